The maximum atomic E-state index is 10.9. The fourth-order valence-corrected chi connectivity index (χ4v) is 3.07. The van der Waals surface area contributed by atoms with E-state index in [4.69, 9.17) is 4.52 Å². The maximum absolute atomic E-state index is 10.9. The van der Waals surface area contributed by atoms with Crippen molar-refractivity contribution in [1.29, 1.82) is 0 Å². The fraction of sp³-hybridized carbons (Fsp3) is 0.727. The molecule has 1 aliphatic heterocycles. The third kappa shape index (κ3) is 3.33. The van der Waals surface area contributed by atoms with Crippen LogP contribution in [0.3, 0.4) is 0 Å². The first-order valence-electron chi connectivity index (χ1n) is 5.62. The number of hydrogen-bond acceptors (Lipinski definition) is 5. The van der Waals surface area contributed by atoms with Crippen LogP contribution < -0.4 is 0 Å². The Labute approximate surface area is 99.2 Å². The van der Waals surface area contributed by atoms with Crippen molar-refractivity contribution in [2.75, 3.05) is 11.5 Å². The molecule has 0 saturated carbocycles. The van der Waals surface area contributed by atoms with Crippen LogP contribution in [0.5, 0.6) is 0 Å². The number of nitrogens with zero attached hydrogens (tertiary/aromatic N) is 2. The van der Waals surface area contributed by atoms with Crippen LogP contribution >= 0.6 is 11.8 Å². The van der Waals surface area contributed by atoms with Crippen molar-refractivity contribution in [3.05, 3.63) is 11.7 Å². The molecule has 1 aliphatic rings. The molecule has 0 bridgehead atoms. The summed E-state index contributed by atoms with van der Waals surface area (Å²) in [6.45, 7) is 1.54. The van der Waals surface area contributed by atoms with Crippen LogP contribution in [0.2, 0.25) is 0 Å². The van der Waals surface area contributed by atoms with E-state index in [2.05, 4.69) is 10.1 Å². The van der Waals surface area contributed by atoms with E-state index in [0.717, 1.165) is 6.42 Å². The third-order valence-corrected chi connectivity index (χ3v) is 3.77. The number of ketones is 1. The average molecular weight is 240 g/mol. The van der Waals surface area contributed by atoms with Crippen molar-refractivity contribution in [1.82, 2.24) is 10.1 Å². The molecule has 2 rings (SSSR count). The van der Waals surface area contributed by atoms with Crippen molar-refractivity contribution < 1.29 is 9.32 Å². The van der Waals surface area contributed by atoms with Gasteiger partial charge in [0.15, 0.2) is 5.82 Å². The second-order valence-corrected chi connectivity index (χ2v) is 5.47. The summed E-state index contributed by atoms with van der Waals surface area (Å²) in [7, 11) is 0. The van der Waals surface area contributed by atoms with E-state index in [0.29, 0.717) is 17.6 Å². The van der Waals surface area contributed by atoms with Crippen LogP contribution in [-0.2, 0) is 17.6 Å². The molecule has 5 heteroatoms. The first kappa shape index (κ1) is 11.6. The zero-order valence-electron chi connectivity index (χ0n) is 9.44. The molecule has 0 radical (unpaired) electrons. The molecule has 1 saturated heterocycles. The first-order chi connectivity index (χ1) is 7.74. The van der Waals surface area contributed by atoms with Crippen molar-refractivity contribution in [3.63, 3.8) is 0 Å². The summed E-state index contributed by atoms with van der Waals surface area (Å²) >= 11 is 2.01. The second-order valence-electron chi connectivity index (χ2n) is 4.24. The summed E-state index contributed by atoms with van der Waals surface area (Å²) in [4.78, 5) is 15.1. The van der Waals surface area contributed by atoms with E-state index in [-0.39, 0.29) is 12.2 Å². The lowest BCUT2D eigenvalue weighted by molar-refractivity contribution is -0.116. The average Bonchev–Trinajstić information content (AvgIpc) is 2.66. The van der Waals surface area contributed by atoms with Gasteiger partial charge >= 0.3 is 0 Å². The SMILES string of the molecule is CC(=O)Cc1noc(CC2CCSCC2)n1. The summed E-state index contributed by atoms with van der Waals surface area (Å²) in [5.74, 6) is 4.42. The number of Topliss-reactive ketones (excluding diaryl/α,β-unsaturated/α-hetero) is 1. The molecule has 0 aromatic carbocycles. The molecular weight excluding hydrogens is 224 g/mol. The normalized spacial score (nSPS) is 17.6. The van der Waals surface area contributed by atoms with Crippen LogP contribution in [0.25, 0.3) is 0 Å². The largest absolute Gasteiger partial charge is 0.339 e. The molecule has 1 aromatic heterocycles. The molecule has 88 valence electrons. The summed E-state index contributed by atoms with van der Waals surface area (Å²) in [6, 6.07) is 0. The molecule has 0 atom stereocenters. The van der Waals surface area contributed by atoms with Gasteiger partial charge in [-0.25, -0.2) is 0 Å². The Bertz CT molecular complexity index is 359. The smallest absolute Gasteiger partial charge is 0.226 e. The van der Waals surface area contributed by atoms with E-state index in [1.165, 1.54) is 31.3 Å². The Morgan fingerprint density at radius 3 is 2.94 bits per heavy atom. The van der Waals surface area contributed by atoms with Crippen LogP contribution in [0.1, 0.15) is 31.5 Å². The Balaban J connectivity index is 1.88. The highest BCUT2D eigenvalue weighted by Gasteiger charge is 2.17. The number of rotatable bonds is 4. The van der Waals surface area contributed by atoms with E-state index in [1.807, 2.05) is 11.8 Å². The number of hydrogen-bond donors (Lipinski definition) is 0. The minimum Gasteiger partial charge on any atom is -0.339 e. The summed E-state index contributed by atoms with van der Waals surface area (Å²) in [5.41, 5.74) is 0. The Hall–Kier alpha value is -0.840. The molecule has 1 fully saturated rings. The van der Waals surface area contributed by atoms with Gasteiger partial charge in [0, 0.05) is 6.42 Å². The van der Waals surface area contributed by atoms with Gasteiger partial charge in [-0.1, -0.05) is 5.16 Å². The minimum atomic E-state index is 0.0708. The molecule has 0 unspecified atom stereocenters. The van der Waals surface area contributed by atoms with Crippen LogP contribution in [-0.4, -0.2) is 27.4 Å². The predicted octanol–water partition coefficient (Wildman–Crippen LogP) is 1.89. The minimum absolute atomic E-state index is 0.0708. The van der Waals surface area contributed by atoms with E-state index < -0.39 is 0 Å². The highest BCUT2D eigenvalue weighted by molar-refractivity contribution is 7.99. The molecule has 16 heavy (non-hydrogen) atoms. The Morgan fingerprint density at radius 1 is 1.50 bits per heavy atom. The quantitative estimate of drug-likeness (QED) is 0.804. The van der Waals surface area contributed by atoms with Crippen molar-refractivity contribution in [2.24, 2.45) is 5.92 Å². The van der Waals surface area contributed by atoms with Crippen LogP contribution in [0.15, 0.2) is 4.52 Å². The van der Waals surface area contributed by atoms with Gasteiger partial charge in [0.25, 0.3) is 0 Å². The monoisotopic (exact) mass is 240 g/mol. The molecule has 0 N–H and O–H groups in total. The van der Waals surface area contributed by atoms with Crippen LogP contribution in [0.4, 0.5) is 0 Å². The van der Waals surface area contributed by atoms with Gasteiger partial charge in [0.1, 0.15) is 5.78 Å². The number of aromatic nitrogens is 2. The molecule has 0 amide bonds. The molecule has 1 aromatic rings. The van der Waals surface area contributed by atoms with E-state index >= 15 is 0 Å². The first-order valence-corrected chi connectivity index (χ1v) is 6.78. The lowest BCUT2D eigenvalue weighted by Gasteiger charge is -2.19. The predicted molar refractivity (Wildman–Crippen MR) is 62.4 cm³/mol. The molecule has 4 nitrogen and oxygen atoms in total. The lowest BCUT2D eigenvalue weighted by Crippen LogP contribution is -2.12. The molecule has 2 heterocycles. The van der Waals surface area contributed by atoms with Crippen molar-refractivity contribution in [2.45, 2.75) is 32.6 Å². The van der Waals surface area contributed by atoms with Crippen molar-refractivity contribution in [3.8, 4) is 0 Å². The van der Waals surface area contributed by atoms with E-state index in [9.17, 15) is 4.79 Å². The van der Waals surface area contributed by atoms with Gasteiger partial charge in [-0.3, -0.25) is 4.79 Å². The summed E-state index contributed by atoms with van der Waals surface area (Å²) in [5, 5.41) is 3.81. The van der Waals surface area contributed by atoms with Crippen molar-refractivity contribution >= 4 is 17.5 Å². The molecule has 0 aliphatic carbocycles. The van der Waals surface area contributed by atoms with Gasteiger partial charge in [0.2, 0.25) is 5.89 Å². The van der Waals surface area contributed by atoms with Crippen LogP contribution in [0, 0.1) is 5.92 Å². The van der Waals surface area contributed by atoms with E-state index in [1.54, 1.807) is 0 Å². The highest BCUT2D eigenvalue weighted by Crippen LogP contribution is 2.25. The summed E-state index contributed by atoms with van der Waals surface area (Å²) < 4.78 is 5.15. The second kappa shape index (κ2) is 5.48. The zero-order valence-corrected chi connectivity index (χ0v) is 10.3. The third-order valence-electron chi connectivity index (χ3n) is 2.72. The highest BCUT2D eigenvalue weighted by atomic mass is 32.2. The zero-order chi connectivity index (χ0) is 11.4. The standard InChI is InChI=1S/C11H16N2O2S/c1-8(14)6-10-12-11(15-13-10)7-9-2-4-16-5-3-9/h9H,2-7H2,1H3. The topological polar surface area (TPSA) is 56.0 Å². The van der Waals surface area contributed by atoms with Gasteiger partial charge < -0.3 is 4.52 Å². The lowest BCUT2D eigenvalue weighted by atomic mass is 9.99. The number of carbonyl (C=O) groups excluding carboxylic acids is 1. The summed E-state index contributed by atoms with van der Waals surface area (Å²) in [6.07, 6.45) is 3.61. The number of carbonyl (C=O) groups is 1. The van der Waals surface area contributed by atoms with Gasteiger partial charge in [0.05, 0.1) is 6.42 Å². The van der Waals surface area contributed by atoms with Gasteiger partial charge in [-0.05, 0) is 37.2 Å². The Kier molecular flexibility index (Phi) is 3.98. The molecule has 0 spiro atoms. The van der Waals surface area contributed by atoms with Gasteiger partial charge in [-0.2, -0.15) is 16.7 Å². The molecular formula is C11H16N2O2S. The Morgan fingerprint density at radius 2 is 2.25 bits per heavy atom. The fourth-order valence-electron chi connectivity index (χ4n) is 1.86. The maximum Gasteiger partial charge on any atom is 0.226 e. The number of thioether (sulfide) groups is 1. The van der Waals surface area contributed by atoms with Gasteiger partial charge in [-0.15, -0.1) is 0 Å².